The van der Waals surface area contributed by atoms with E-state index in [9.17, 15) is 63.6 Å². The summed E-state index contributed by atoms with van der Waals surface area (Å²) in [5.41, 5.74) is 16.5. The number of aliphatic hydroxyl groups is 1. The van der Waals surface area contributed by atoms with Crippen molar-refractivity contribution >= 4 is 53.4 Å². The summed E-state index contributed by atoms with van der Waals surface area (Å²) in [7, 11) is 0. The molecule has 0 radical (unpaired) electrons. The van der Waals surface area contributed by atoms with E-state index in [4.69, 9.17) is 17.2 Å². The SMILES string of the molecule is CC(C)C[C@H](NC(=O)[C@H](CC(=O)O)NC(=O)[C@H](CCC(=O)O)NC(=O)[C@H](CO)NC(=O)[C@H](C)N)C(=O)N[C@@H](CCCCN)C(=O)N[C@@H](CCCCN)C(=O)O. The third-order valence-corrected chi connectivity index (χ3v) is 8.00. The standard InChI is InChI=1S/C33H59N9O13/c1-17(2)14-22(30(51)37-19(8-4-6-12-34)28(49)39-21(33(54)55)9-5-7-13-35)40-31(52)23(15-26(46)47)41-29(50)20(10-11-25(44)45)38-32(53)24(16-43)42-27(48)18(3)36/h17-24,43H,4-16,34-36H2,1-3H3,(H,37,51)(H,38,53)(H,39,49)(H,40,52)(H,41,50)(H,42,48)(H,44,45)(H,46,47)(H,54,55)/t18-,19-,20-,21-,22-,23-,24-/m0/s1. The van der Waals surface area contributed by atoms with Crippen LogP contribution in [-0.2, 0) is 43.2 Å². The molecule has 0 heterocycles. The molecule has 0 aliphatic carbocycles. The molecule has 22 nitrogen and oxygen atoms in total. The summed E-state index contributed by atoms with van der Waals surface area (Å²) in [5, 5.41) is 51.9. The number of rotatable bonds is 29. The van der Waals surface area contributed by atoms with Crippen LogP contribution in [-0.4, -0.2) is 136 Å². The number of nitrogens with one attached hydrogen (secondary N) is 6. The number of carbonyl (C=O) groups excluding carboxylic acids is 6. The van der Waals surface area contributed by atoms with Crippen molar-refractivity contribution in [2.24, 2.45) is 23.1 Å². The van der Waals surface area contributed by atoms with Crippen molar-refractivity contribution in [2.75, 3.05) is 19.7 Å². The molecule has 314 valence electrons. The van der Waals surface area contributed by atoms with E-state index in [0.29, 0.717) is 32.2 Å². The number of hydrogen-bond acceptors (Lipinski definition) is 13. The Balaban J connectivity index is 6.29. The number of amides is 6. The molecule has 0 rings (SSSR count). The number of carbonyl (C=O) groups is 9. The van der Waals surface area contributed by atoms with Crippen molar-refractivity contribution in [2.45, 2.75) is 127 Å². The van der Waals surface area contributed by atoms with Crippen LogP contribution in [0.4, 0.5) is 0 Å². The zero-order chi connectivity index (χ0) is 42.2. The van der Waals surface area contributed by atoms with Crippen LogP contribution in [0.5, 0.6) is 0 Å². The lowest BCUT2D eigenvalue weighted by Crippen LogP contribution is -2.60. The summed E-state index contributed by atoms with van der Waals surface area (Å²) in [6.45, 7) is 4.37. The second-order valence-corrected chi connectivity index (χ2v) is 13.4. The minimum atomic E-state index is -1.88. The summed E-state index contributed by atoms with van der Waals surface area (Å²) in [4.78, 5) is 113. The Hall–Kier alpha value is -4.93. The van der Waals surface area contributed by atoms with Crippen LogP contribution < -0.4 is 49.1 Å². The van der Waals surface area contributed by atoms with Crippen LogP contribution in [0.25, 0.3) is 0 Å². The van der Waals surface area contributed by atoms with Gasteiger partial charge in [0.05, 0.1) is 19.1 Å². The maximum atomic E-state index is 13.6. The van der Waals surface area contributed by atoms with E-state index in [-0.39, 0.29) is 31.7 Å². The molecular weight excluding hydrogens is 730 g/mol. The second kappa shape index (κ2) is 26.8. The number of aliphatic hydroxyl groups excluding tert-OH is 1. The topological polar surface area (TPSA) is 385 Å². The van der Waals surface area contributed by atoms with E-state index in [2.05, 4.69) is 31.9 Å². The van der Waals surface area contributed by atoms with Crippen molar-refractivity contribution in [1.29, 1.82) is 0 Å². The predicted octanol–water partition coefficient (Wildman–Crippen LogP) is -4.04. The molecule has 22 heteroatoms. The highest BCUT2D eigenvalue weighted by Crippen LogP contribution is 2.10. The van der Waals surface area contributed by atoms with Gasteiger partial charge >= 0.3 is 17.9 Å². The Morgan fingerprint density at radius 3 is 1.35 bits per heavy atom. The van der Waals surface area contributed by atoms with Crippen molar-refractivity contribution in [3.8, 4) is 0 Å². The molecule has 0 saturated heterocycles. The van der Waals surface area contributed by atoms with Crippen LogP contribution in [0.1, 0.15) is 85.0 Å². The third-order valence-electron chi connectivity index (χ3n) is 8.00. The Bertz CT molecular complexity index is 1320. The maximum Gasteiger partial charge on any atom is 0.326 e. The van der Waals surface area contributed by atoms with Crippen LogP contribution in [0.15, 0.2) is 0 Å². The molecule has 16 N–H and O–H groups in total. The van der Waals surface area contributed by atoms with E-state index < -0.39 is 122 Å². The number of nitrogens with two attached hydrogens (primary N) is 3. The second-order valence-electron chi connectivity index (χ2n) is 13.4. The highest BCUT2D eigenvalue weighted by Gasteiger charge is 2.34. The zero-order valence-corrected chi connectivity index (χ0v) is 31.5. The number of unbranched alkanes of at least 4 members (excludes halogenated alkanes) is 2. The number of hydrogen-bond donors (Lipinski definition) is 13. The fraction of sp³-hybridized carbons (Fsp3) is 0.727. The summed E-state index contributed by atoms with van der Waals surface area (Å²) >= 11 is 0. The predicted molar refractivity (Wildman–Crippen MR) is 194 cm³/mol. The van der Waals surface area contributed by atoms with Gasteiger partial charge in [0.1, 0.15) is 36.3 Å². The molecule has 55 heavy (non-hydrogen) atoms. The summed E-state index contributed by atoms with van der Waals surface area (Å²) < 4.78 is 0. The van der Waals surface area contributed by atoms with Gasteiger partial charge in [-0.2, -0.15) is 0 Å². The van der Waals surface area contributed by atoms with Crippen LogP contribution >= 0.6 is 0 Å². The van der Waals surface area contributed by atoms with Gasteiger partial charge in [-0.15, -0.1) is 0 Å². The highest BCUT2D eigenvalue weighted by molar-refractivity contribution is 5.98. The summed E-state index contributed by atoms with van der Waals surface area (Å²) in [6.07, 6.45) is -0.396. The fourth-order valence-electron chi connectivity index (χ4n) is 4.99. The summed E-state index contributed by atoms with van der Waals surface area (Å²) in [6, 6.07) is -10.2. The van der Waals surface area contributed by atoms with Crippen molar-refractivity contribution in [1.82, 2.24) is 31.9 Å². The summed E-state index contributed by atoms with van der Waals surface area (Å²) in [5.74, 6) is -10.5. The first-order chi connectivity index (χ1) is 25.8. The third kappa shape index (κ3) is 20.9. The highest BCUT2D eigenvalue weighted by atomic mass is 16.4. The first-order valence-corrected chi connectivity index (χ1v) is 18.0. The molecule has 7 atom stereocenters. The smallest absolute Gasteiger partial charge is 0.326 e. The number of carboxylic acid groups (broad SMARTS) is 3. The molecular formula is C33H59N9O13. The first-order valence-electron chi connectivity index (χ1n) is 18.0. The molecule has 0 aromatic rings. The van der Waals surface area contributed by atoms with Gasteiger partial charge in [0.15, 0.2) is 0 Å². The van der Waals surface area contributed by atoms with Gasteiger partial charge in [-0.3, -0.25) is 38.4 Å². The Morgan fingerprint density at radius 1 is 0.509 bits per heavy atom. The van der Waals surface area contributed by atoms with Crippen molar-refractivity contribution in [3.63, 3.8) is 0 Å². The lowest BCUT2D eigenvalue weighted by molar-refractivity contribution is -0.142. The molecule has 0 aromatic carbocycles. The average Bonchev–Trinajstić information content (AvgIpc) is 3.09. The fourth-order valence-corrected chi connectivity index (χ4v) is 4.99. The largest absolute Gasteiger partial charge is 0.481 e. The minimum Gasteiger partial charge on any atom is -0.481 e. The molecule has 0 bridgehead atoms. The Labute approximate surface area is 318 Å². The molecule has 0 fully saturated rings. The van der Waals surface area contributed by atoms with E-state index in [1.54, 1.807) is 13.8 Å². The number of carboxylic acids is 3. The number of aliphatic carboxylic acids is 3. The minimum absolute atomic E-state index is 0.0354. The Kier molecular flexibility index (Phi) is 24.4. The van der Waals surface area contributed by atoms with Gasteiger partial charge in [-0.25, -0.2) is 4.79 Å². The normalized spacial score (nSPS) is 14.8. The van der Waals surface area contributed by atoms with Gasteiger partial charge in [0.2, 0.25) is 35.4 Å². The van der Waals surface area contributed by atoms with Gasteiger partial charge < -0.3 is 69.5 Å². The van der Waals surface area contributed by atoms with Crippen molar-refractivity contribution in [3.05, 3.63) is 0 Å². The van der Waals surface area contributed by atoms with Gasteiger partial charge in [0.25, 0.3) is 0 Å². The molecule has 6 amide bonds. The zero-order valence-electron chi connectivity index (χ0n) is 31.5. The monoisotopic (exact) mass is 789 g/mol. The van der Waals surface area contributed by atoms with E-state index >= 15 is 0 Å². The Morgan fingerprint density at radius 2 is 0.909 bits per heavy atom. The lowest BCUT2D eigenvalue weighted by atomic mass is 10.0. The van der Waals surface area contributed by atoms with Gasteiger partial charge in [-0.1, -0.05) is 13.8 Å². The van der Waals surface area contributed by atoms with E-state index in [1.165, 1.54) is 6.92 Å². The average molecular weight is 790 g/mol. The van der Waals surface area contributed by atoms with Crippen LogP contribution in [0, 0.1) is 5.92 Å². The van der Waals surface area contributed by atoms with E-state index in [1.807, 2.05) is 0 Å². The maximum absolute atomic E-state index is 13.6. The van der Waals surface area contributed by atoms with Crippen LogP contribution in [0.3, 0.4) is 0 Å². The molecule has 0 aromatic heterocycles. The molecule has 0 aliphatic heterocycles. The molecule has 0 aliphatic rings. The van der Waals surface area contributed by atoms with Gasteiger partial charge in [-0.05, 0) is 77.3 Å². The van der Waals surface area contributed by atoms with Gasteiger partial charge in [0, 0.05) is 6.42 Å². The lowest BCUT2D eigenvalue weighted by Gasteiger charge is -2.27. The molecule has 0 spiro atoms. The first kappa shape index (κ1) is 50.1. The quantitative estimate of drug-likeness (QED) is 0.0321. The van der Waals surface area contributed by atoms with Crippen molar-refractivity contribution < 1.29 is 63.6 Å². The van der Waals surface area contributed by atoms with Crippen LogP contribution in [0.2, 0.25) is 0 Å². The molecule has 0 unspecified atom stereocenters. The van der Waals surface area contributed by atoms with E-state index in [0.717, 1.165) is 0 Å². The molecule has 0 saturated carbocycles.